The predicted octanol–water partition coefficient (Wildman–Crippen LogP) is 0.766. The molecular weight excluding hydrogens is 238 g/mol. The Morgan fingerprint density at radius 2 is 2.00 bits per heavy atom. The summed E-state index contributed by atoms with van der Waals surface area (Å²) in [4.78, 5) is 32.9. The van der Waals surface area contributed by atoms with Gasteiger partial charge in [-0.15, -0.1) is 0 Å². The monoisotopic (exact) mass is 249 g/mol. The first-order valence-electron chi connectivity index (χ1n) is 5.42. The van der Waals surface area contributed by atoms with Gasteiger partial charge in [-0.05, 0) is 18.9 Å². The lowest BCUT2D eigenvalue weighted by Gasteiger charge is -2.06. The summed E-state index contributed by atoms with van der Waals surface area (Å²) >= 11 is 0. The molecule has 0 aromatic heterocycles. The molecule has 2 amide bonds. The molecule has 1 aromatic rings. The molecule has 0 atom stereocenters. The Hall–Kier alpha value is -2.44. The van der Waals surface area contributed by atoms with E-state index in [1.54, 1.807) is 0 Å². The highest BCUT2D eigenvalue weighted by Gasteiger charge is 2.29. The van der Waals surface area contributed by atoms with Gasteiger partial charge >= 0.3 is 0 Å². The number of benzene rings is 1. The molecule has 1 aromatic carbocycles. The number of amides is 2. The summed E-state index contributed by atoms with van der Waals surface area (Å²) in [5.41, 5.74) is 4.46. The SMILES string of the molecule is O=C(NNC(=O)C1CC1)c1cccc([N+](=O)[O-])c1. The van der Waals surface area contributed by atoms with E-state index < -0.39 is 10.8 Å². The number of hydrogen-bond acceptors (Lipinski definition) is 4. The van der Waals surface area contributed by atoms with E-state index in [2.05, 4.69) is 10.9 Å². The Kier molecular flexibility index (Phi) is 3.22. The number of non-ortho nitro benzene ring substituents is 1. The summed E-state index contributed by atoms with van der Waals surface area (Å²) in [7, 11) is 0. The Labute approximate surface area is 102 Å². The van der Waals surface area contributed by atoms with Crippen LogP contribution in [0.15, 0.2) is 24.3 Å². The van der Waals surface area contributed by atoms with Crippen molar-refractivity contribution in [3.8, 4) is 0 Å². The molecule has 1 aliphatic rings. The molecule has 1 fully saturated rings. The average molecular weight is 249 g/mol. The number of carbonyl (C=O) groups excluding carboxylic acids is 2. The Balaban J connectivity index is 1.97. The third-order valence-corrected chi connectivity index (χ3v) is 2.57. The van der Waals surface area contributed by atoms with Crippen molar-refractivity contribution in [1.29, 1.82) is 0 Å². The first-order valence-corrected chi connectivity index (χ1v) is 5.42. The predicted molar refractivity (Wildman–Crippen MR) is 61.4 cm³/mol. The maximum atomic E-state index is 11.6. The van der Waals surface area contributed by atoms with Gasteiger partial charge in [-0.3, -0.25) is 30.6 Å². The van der Waals surface area contributed by atoms with Gasteiger partial charge in [-0.1, -0.05) is 6.07 Å². The van der Waals surface area contributed by atoms with Gasteiger partial charge in [0.05, 0.1) is 4.92 Å². The van der Waals surface area contributed by atoms with Crippen molar-refractivity contribution >= 4 is 17.5 Å². The Morgan fingerprint density at radius 1 is 1.28 bits per heavy atom. The lowest BCUT2D eigenvalue weighted by Crippen LogP contribution is -2.42. The number of nitrogens with one attached hydrogen (secondary N) is 2. The number of nitrogens with zero attached hydrogens (tertiary/aromatic N) is 1. The number of rotatable bonds is 3. The van der Waals surface area contributed by atoms with Crippen molar-refractivity contribution in [2.75, 3.05) is 0 Å². The lowest BCUT2D eigenvalue weighted by atomic mass is 10.2. The number of nitro groups is 1. The standard InChI is InChI=1S/C11H11N3O4/c15-10(7-4-5-7)12-13-11(16)8-2-1-3-9(6-8)14(17)18/h1-3,6-7H,4-5H2,(H,12,15)(H,13,16). The molecule has 0 bridgehead atoms. The topological polar surface area (TPSA) is 101 Å². The zero-order valence-electron chi connectivity index (χ0n) is 9.38. The maximum absolute atomic E-state index is 11.6. The molecule has 1 saturated carbocycles. The third-order valence-electron chi connectivity index (χ3n) is 2.57. The quantitative estimate of drug-likeness (QED) is 0.610. The van der Waals surface area contributed by atoms with Crippen molar-refractivity contribution < 1.29 is 14.5 Å². The lowest BCUT2D eigenvalue weighted by molar-refractivity contribution is -0.384. The van der Waals surface area contributed by atoms with Gasteiger partial charge in [-0.2, -0.15) is 0 Å². The largest absolute Gasteiger partial charge is 0.273 e. The Bertz CT molecular complexity index is 511. The summed E-state index contributed by atoms with van der Waals surface area (Å²) in [6.07, 6.45) is 1.66. The fourth-order valence-electron chi connectivity index (χ4n) is 1.40. The number of hydrogen-bond donors (Lipinski definition) is 2. The summed E-state index contributed by atoms with van der Waals surface area (Å²) < 4.78 is 0. The minimum absolute atomic E-state index is 0.0181. The second-order valence-electron chi connectivity index (χ2n) is 4.03. The van der Waals surface area contributed by atoms with Crippen LogP contribution in [0.1, 0.15) is 23.2 Å². The van der Waals surface area contributed by atoms with E-state index in [9.17, 15) is 19.7 Å². The fraction of sp³-hybridized carbons (Fsp3) is 0.273. The van der Waals surface area contributed by atoms with Crippen molar-refractivity contribution in [1.82, 2.24) is 10.9 Å². The van der Waals surface area contributed by atoms with Crippen LogP contribution >= 0.6 is 0 Å². The Morgan fingerprint density at radius 3 is 2.61 bits per heavy atom. The van der Waals surface area contributed by atoms with Gasteiger partial charge < -0.3 is 0 Å². The summed E-state index contributed by atoms with van der Waals surface area (Å²) in [5.74, 6) is -0.822. The molecule has 7 nitrogen and oxygen atoms in total. The van der Waals surface area contributed by atoms with Crippen LogP contribution in [0.2, 0.25) is 0 Å². The van der Waals surface area contributed by atoms with Crippen LogP contribution < -0.4 is 10.9 Å². The molecule has 0 unspecified atom stereocenters. The molecule has 0 radical (unpaired) electrons. The second kappa shape index (κ2) is 4.82. The minimum atomic E-state index is -0.584. The van der Waals surface area contributed by atoms with Gasteiger partial charge in [0.25, 0.3) is 11.6 Å². The van der Waals surface area contributed by atoms with E-state index in [1.165, 1.54) is 18.2 Å². The van der Waals surface area contributed by atoms with E-state index in [0.29, 0.717) is 0 Å². The molecule has 2 rings (SSSR count). The van der Waals surface area contributed by atoms with Crippen LogP contribution in [0.5, 0.6) is 0 Å². The zero-order chi connectivity index (χ0) is 13.1. The maximum Gasteiger partial charge on any atom is 0.270 e. The van der Waals surface area contributed by atoms with Gasteiger partial charge in [0.15, 0.2) is 0 Å². The molecular formula is C11H11N3O4. The molecule has 0 saturated heterocycles. The van der Waals surface area contributed by atoms with Crippen LogP contribution in [0.25, 0.3) is 0 Å². The number of carbonyl (C=O) groups is 2. The minimum Gasteiger partial charge on any atom is -0.273 e. The van der Waals surface area contributed by atoms with Crippen molar-refractivity contribution in [2.45, 2.75) is 12.8 Å². The van der Waals surface area contributed by atoms with Crippen LogP contribution in [-0.4, -0.2) is 16.7 Å². The zero-order valence-corrected chi connectivity index (χ0v) is 9.38. The van der Waals surface area contributed by atoms with Crippen molar-refractivity contribution in [2.24, 2.45) is 5.92 Å². The molecule has 7 heteroatoms. The van der Waals surface area contributed by atoms with E-state index >= 15 is 0 Å². The van der Waals surface area contributed by atoms with Crippen LogP contribution in [-0.2, 0) is 4.79 Å². The normalized spacial score (nSPS) is 13.8. The van der Waals surface area contributed by atoms with E-state index in [4.69, 9.17) is 0 Å². The van der Waals surface area contributed by atoms with E-state index in [1.807, 2.05) is 0 Å². The van der Waals surface area contributed by atoms with Gasteiger partial charge in [0.2, 0.25) is 5.91 Å². The molecule has 18 heavy (non-hydrogen) atoms. The number of hydrazine groups is 1. The first-order chi connectivity index (χ1) is 8.58. The first kappa shape index (κ1) is 12.0. The highest BCUT2D eigenvalue weighted by Crippen LogP contribution is 2.28. The molecule has 0 heterocycles. The number of nitro benzene ring substituents is 1. The van der Waals surface area contributed by atoms with E-state index in [-0.39, 0.29) is 23.1 Å². The molecule has 0 aliphatic heterocycles. The molecule has 2 N–H and O–H groups in total. The third kappa shape index (κ3) is 2.82. The van der Waals surface area contributed by atoms with Gasteiger partial charge in [0, 0.05) is 23.6 Å². The average Bonchev–Trinajstić information content (AvgIpc) is 3.20. The van der Waals surface area contributed by atoms with Gasteiger partial charge in [-0.25, -0.2) is 0 Å². The van der Waals surface area contributed by atoms with E-state index in [0.717, 1.165) is 18.9 Å². The molecule has 94 valence electrons. The molecule has 0 spiro atoms. The van der Waals surface area contributed by atoms with Gasteiger partial charge in [0.1, 0.15) is 0 Å². The van der Waals surface area contributed by atoms with Crippen LogP contribution in [0.4, 0.5) is 5.69 Å². The van der Waals surface area contributed by atoms with Crippen LogP contribution in [0.3, 0.4) is 0 Å². The highest BCUT2D eigenvalue weighted by molar-refractivity contribution is 5.96. The summed E-state index contributed by atoms with van der Waals surface area (Å²) in [6.45, 7) is 0. The second-order valence-corrected chi connectivity index (χ2v) is 4.03. The summed E-state index contributed by atoms with van der Waals surface area (Å²) in [5, 5.41) is 10.5. The molecule has 1 aliphatic carbocycles. The van der Waals surface area contributed by atoms with Crippen molar-refractivity contribution in [3.05, 3.63) is 39.9 Å². The summed E-state index contributed by atoms with van der Waals surface area (Å²) in [6, 6.07) is 5.29. The van der Waals surface area contributed by atoms with Crippen molar-refractivity contribution in [3.63, 3.8) is 0 Å². The van der Waals surface area contributed by atoms with Crippen LogP contribution in [0, 0.1) is 16.0 Å². The highest BCUT2D eigenvalue weighted by atomic mass is 16.6. The smallest absolute Gasteiger partial charge is 0.270 e. The fourth-order valence-corrected chi connectivity index (χ4v) is 1.40.